The Balaban J connectivity index is 1.40. The molecule has 8 heteroatoms. The fourth-order valence-corrected chi connectivity index (χ4v) is 7.84. The molecule has 3 heterocycles. The third-order valence-electron chi connectivity index (χ3n) is 10.2. The van der Waals surface area contributed by atoms with Crippen LogP contribution in [0.5, 0.6) is 34.5 Å². The van der Waals surface area contributed by atoms with Crippen molar-refractivity contribution in [2.24, 2.45) is 5.92 Å². The van der Waals surface area contributed by atoms with Crippen LogP contribution in [0, 0.1) is 19.8 Å². The molecule has 0 unspecified atom stereocenters. The minimum atomic E-state index is -1.000. The lowest BCUT2D eigenvalue weighted by atomic mass is 9.63. The minimum absolute atomic E-state index is 0.0503. The van der Waals surface area contributed by atoms with E-state index < -0.39 is 34.8 Å². The molecule has 0 bridgehead atoms. The number of ketones is 2. The highest BCUT2D eigenvalue weighted by atomic mass is 16.5. The molecule has 0 radical (unpaired) electrons. The number of hydrogen-bond donors (Lipinski definition) is 3. The lowest BCUT2D eigenvalue weighted by Crippen LogP contribution is -2.53. The summed E-state index contributed by atoms with van der Waals surface area (Å²) in [5.74, 6) is -1.84. The maximum absolute atomic E-state index is 13.8. The van der Waals surface area contributed by atoms with Crippen LogP contribution in [0.1, 0.15) is 100 Å². The fraction of sp³-hybridized carbons (Fsp3) is 0.286. The van der Waals surface area contributed by atoms with Gasteiger partial charge in [-0.15, -0.1) is 0 Å². The number of phenolic OH excluding ortho intramolecular Hbond substituents is 3. The first-order valence-corrected chi connectivity index (χ1v) is 16.8. The molecule has 0 saturated heterocycles. The summed E-state index contributed by atoms with van der Waals surface area (Å²) < 4.78 is 20.0. The van der Waals surface area contributed by atoms with Crippen LogP contribution >= 0.6 is 0 Å². The smallest absolute Gasteiger partial charge is 0.193 e. The second-order valence-electron chi connectivity index (χ2n) is 14.5. The molecule has 7 rings (SSSR count). The number of ether oxygens (including phenoxy) is 3. The predicted molar refractivity (Wildman–Crippen MR) is 191 cm³/mol. The number of allylic oxidation sites excluding steroid dienone is 2. The van der Waals surface area contributed by atoms with Gasteiger partial charge in [0, 0.05) is 28.5 Å². The van der Waals surface area contributed by atoms with Crippen molar-refractivity contribution in [1.82, 2.24) is 0 Å². The van der Waals surface area contributed by atoms with Gasteiger partial charge in [-0.05, 0) is 71.2 Å². The van der Waals surface area contributed by atoms with Crippen LogP contribution in [0.4, 0.5) is 0 Å². The zero-order valence-electron chi connectivity index (χ0n) is 28.9. The first-order chi connectivity index (χ1) is 23.7. The van der Waals surface area contributed by atoms with Crippen molar-refractivity contribution in [2.75, 3.05) is 0 Å². The Morgan fingerprint density at radius 2 is 1.18 bits per heavy atom. The van der Waals surface area contributed by atoms with E-state index in [0.29, 0.717) is 23.3 Å². The van der Waals surface area contributed by atoms with Crippen LogP contribution < -0.4 is 14.2 Å². The second-order valence-corrected chi connectivity index (χ2v) is 14.5. The number of carbonyl (C=O) groups excluding carboxylic acids is 2. The topological polar surface area (TPSA) is 123 Å². The van der Waals surface area contributed by atoms with Gasteiger partial charge in [-0.25, -0.2) is 0 Å². The van der Waals surface area contributed by atoms with Crippen molar-refractivity contribution in [2.45, 2.75) is 71.2 Å². The molecule has 3 N–H and O–H groups in total. The third kappa shape index (κ3) is 5.30. The van der Waals surface area contributed by atoms with Crippen molar-refractivity contribution in [3.63, 3.8) is 0 Å². The average molecular weight is 673 g/mol. The Labute approximate surface area is 291 Å². The molecule has 4 aromatic rings. The van der Waals surface area contributed by atoms with Crippen LogP contribution in [-0.2, 0) is 0 Å². The highest BCUT2D eigenvalue weighted by Crippen LogP contribution is 2.66. The summed E-state index contributed by atoms with van der Waals surface area (Å²) in [5.41, 5.74) is 1.26. The van der Waals surface area contributed by atoms with Crippen molar-refractivity contribution >= 4 is 23.7 Å². The molecule has 4 aromatic carbocycles. The molecule has 50 heavy (non-hydrogen) atoms. The zero-order chi connectivity index (χ0) is 35.7. The highest BCUT2D eigenvalue weighted by molar-refractivity contribution is 6.12. The van der Waals surface area contributed by atoms with Gasteiger partial charge in [-0.3, -0.25) is 9.59 Å². The van der Waals surface area contributed by atoms with E-state index in [0.717, 1.165) is 11.1 Å². The molecular formula is C42H40O8. The standard InChI is InChI=1S/C42H40O8/c1-22-34(45)30(27(43)19-17-24-13-9-7-10-14-24)39-32(35(22)46)40-33(42(5,6)50-39)26-21-41(3,4)49-38-29(26)37(48-40)23(2)36(47)31(38)28(44)20-18-25-15-11-8-12-16-25/h7-20,26,33,40,45-47H,21H2,1-6H3/t26-,33+,40+/m0/s1. The van der Waals surface area contributed by atoms with E-state index in [1.807, 2.05) is 88.4 Å². The van der Waals surface area contributed by atoms with E-state index >= 15 is 0 Å². The molecule has 256 valence electrons. The minimum Gasteiger partial charge on any atom is -0.507 e. The predicted octanol–water partition coefficient (Wildman–Crippen LogP) is 8.78. The van der Waals surface area contributed by atoms with Gasteiger partial charge in [0.1, 0.15) is 62.9 Å². The van der Waals surface area contributed by atoms with Crippen LogP contribution in [0.3, 0.4) is 0 Å². The lowest BCUT2D eigenvalue weighted by molar-refractivity contribution is -0.0860. The number of fused-ring (bicyclic) bond motifs is 4. The summed E-state index contributed by atoms with van der Waals surface area (Å²) >= 11 is 0. The van der Waals surface area contributed by atoms with Crippen LogP contribution in [0.2, 0.25) is 0 Å². The van der Waals surface area contributed by atoms with Gasteiger partial charge in [0.2, 0.25) is 0 Å². The van der Waals surface area contributed by atoms with Crippen molar-refractivity contribution < 1.29 is 39.1 Å². The van der Waals surface area contributed by atoms with Gasteiger partial charge in [-0.1, -0.05) is 72.8 Å². The number of aromatic hydroxyl groups is 3. The second kappa shape index (κ2) is 11.8. The fourth-order valence-electron chi connectivity index (χ4n) is 7.84. The molecule has 8 nitrogen and oxygen atoms in total. The van der Waals surface area contributed by atoms with Crippen LogP contribution in [-0.4, -0.2) is 38.1 Å². The maximum atomic E-state index is 13.8. The SMILES string of the molecule is Cc1c(O)c(C(=O)C=Cc2ccccc2)c2c(c1O)[C@H]1Oc3c(C)c(O)c(C(=O)C=Cc4ccccc4)c4c3[C@H](CC(C)(C)O4)[C@H]1C(C)(C)O2. The van der Waals surface area contributed by atoms with Gasteiger partial charge >= 0.3 is 0 Å². The maximum Gasteiger partial charge on any atom is 0.193 e. The summed E-state index contributed by atoms with van der Waals surface area (Å²) in [5, 5.41) is 34.6. The molecule has 0 aromatic heterocycles. The Kier molecular flexibility index (Phi) is 7.81. The monoisotopic (exact) mass is 672 g/mol. The van der Waals surface area contributed by atoms with Gasteiger partial charge in [-0.2, -0.15) is 0 Å². The number of benzene rings is 4. The van der Waals surface area contributed by atoms with Crippen LogP contribution in [0.25, 0.3) is 12.2 Å². The summed E-state index contributed by atoms with van der Waals surface area (Å²) in [6.07, 6.45) is 5.84. The van der Waals surface area contributed by atoms with Gasteiger partial charge in [0.25, 0.3) is 0 Å². The number of phenols is 3. The Morgan fingerprint density at radius 3 is 1.72 bits per heavy atom. The van der Waals surface area contributed by atoms with Crippen molar-refractivity contribution in [3.8, 4) is 34.5 Å². The summed E-state index contributed by atoms with van der Waals surface area (Å²) in [7, 11) is 0. The average Bonchev–Trinajstić information content (AvgIpc) is 3.07. The molecule has 0 amide bonds. The third-order valence-corrected chi connectivity index (χ3v) is 10.2. The lowest BCUT2D eigenvalue weighted by Gasteiger charge is -2.54. The number of carbonyl (C=O) groups is 2. The Hall–Kier alpha value is -5.50. The molecule has 0 spiro atoms. The summed E-state index contributed by atoms with van der Waals surface area (Å²) in [6, 6.07) is 18.7. The van der Waals surface area contributed by atoms with E-state index in [2.05, 4.69) is 0 Å². The summed E-state index contributed by atoms with van der Waals surface area (Å²) in [6.45, 7) is 10.9. The summed E-state index contributed by atoms with van der Waals surface area (Å²) in [4.78, 5) is 27.7. The first kappa shape index (κ1) is 33.0. The van der Waals surface area contributed by atoms with Gasteiger partial charge in [0.05, 0.1) is 5.56 Å². The van der Waals surface area contributed by atoms with E-state index in [1.54, 1.807) is 26.0 Å². The Morgan fingerprint density at radius 1 is 0.680 bits per heavy atom. The molecule has 3 aliphatic heterocycles. The quantitative estimate of drug-likeness (QED) is 0.137. The molecule has 0 saturated carbocycles. The van der Waals surface area contributed by atoms with E-state index in [1.165, 1.54) is 12.2 Å². The largest absolute Gasteiger partial charge is 0.507 e. The highest BCUT2D eigenvalue weighted by Gasteiger charge is 2.58. The van der Waals surface area contributed by atoms with Gasteiger partial charge in [0.15, 0.2) is 11.6 Å². The van der Waals surface area contributed by atoms with Crippen molar-refractivity contribution in [1.29, 1.82) is 0 Å². The molecule has 0 aliphatic carbocycles. The number of rotatable bonds is 6. The number of hydrogen-bond acceptors (Lipinski definition) is 8. The van der Waals surface area contributed by atoms with Crippen molar-refractivity contribution in [3.05, 3.63) is 117 Å². The molecule has 0 fully saturated rings. The Bertz CT molecular complexity index is 2110. The first-order valence-electron chi connectivity index (χ1n) is 16.8. The normalized spacial score (nSPS) is 21.0. The molecular weight excluding hydrogens is 632 g/mol. The van der Waals surface area contributed by atoms with Gasteiger partial charge < -0.3 is 29.5 Å². The van der Waals surface area contributed by atoms with Crippen LogP contribution in [0.15, 0.2) is 72.8 Å². The van der Waals surface area contributed by atoms with E-state index in [4.69, 9.17) is 14.2 Å². The van der Waals surface area contributed by atoms with E-state index in [-0.39, 0.29) is 56.9 Å². The van der Waals surface area contributed by atoms with E-state index in [9.17, 15) is 24.9 Å². The zero-order valence-corrected chi connectivity index (χ0v) is 28.9. The molecule has 3 atom stereocenters. The molecule has 3 aliphatic rings.